The molecular weight excluding hydrogens is 340 g/mol. The van der Waals surface area contributed by atoms with Gasteiger partial charge in [0.15, 0.2) is 0 Å². The molecule has 0 bridgehead atoms. The van der Waals surface area contributed by atoms with Crippen LogP contribution in [0.3, 0.4) is 0 Å². The average Bonchev–Trinajstić information content (AvgIpc) is 2.59. The molecule has 3 rings (SSSR count). The quantitative estimate of drug-likeness (QED) is 0.497. The van der Waals surface area contributed by atoms with Crippen LogP contribution in [-0.2, 0) is 0 Å². The van der Waals surface area contributed by atoms with Crippen LogP contribution in [-0.4, -0.2) is 28.8 Å². The summed E-state index contributed by atoms with van der Waals surface area (Å²) >= 11 is 1.72. The van der Waals surface area contributed by atoms with Crippen LogP contribution in [0.4, 0.5) is 5.95 Å². The molecule has 0 spiro atoms. The van der Waals surface area contributed by atoms with Gasteiger partial charge in [-0.3, -0.25) is 0 Å². The number of benzene rings is 1. The minimum Gasteiger partial charge on any atom is -0.354 e. The largest absolute Gasteiger partial charge is 0.354 e. The van der Waals surface area contributed by atoms with Crippen LogP contribution in [0.1, 0.15) is 56.2 Å². The zero-order valence-corrected chi connectivity index (χ0v) is 16.6. The van der Waals surface area contributed by atoms with Gasteiger partial charge in [0.2, 0.25) is 5.95 Å². The maximum atomic E-state index is 5.68. The minimum atomic E-state index is 0.489. The van der Waals surface area contributed by atoms with Crippen LogP contribution in [0.2, 0.25) is 0 Å². The molecule has 2 aromatic rings. The van der Waals surface area contributed by atoms with E-state index in [-0.39, 0.29) is 0 Å². The zero-order valence-electron chi connectivity index (χ0n) is 15.8. The van der Waals surface area contributed by atoms with E-state index in [1.807, 2.05) is 0 Å². The summed E-state index contributed by atoms with van der Waals surface area (Å²) in [4.78, 5) is 9.56. The van der Waals surface area contributed by atoms with Crippen LogP contribution in [0.5, 0.6) is 0 Å². The second kappa shape index (κ2) is 9.38. The highest BCUT2D eigenvalue weighted by Gasteiger charge is 2.34. The Morgan fingerprint density at radius 1 is 1.15 bits per heavy atom. The predicted molar refractivity (Wildman–Crippen MR) is 111 cm³/mol. The molecule has 0 saturated heterocycles. The Labute approximate surface area is 161 Å². The fraction of sp³-hybridized carbons (Fsp3) is 0.524. The van der Waals surface area contributed by atoms with E-state index in [1.54, 1.807) is 11.8 Å². The van der Waals surface area contributed by atoms with Crippen LogP contribution in [0.25, 0.3) is 0 Å². The van der Waals surface area contributed by atoms with Crippen LogP contribution in [0, 0.1) is 5.92 Å². The summed E-state index contributed by atoms with van der Waals surface area (Å²) in [7, 11) is 0. The lowest BCUT2D eigenvalue weighted by molar-refractivity contribution is 0.339. The molecule has 3 N–H and O–H groups in total. The molecule has 1 fully saturated rings. The van der Waals surface area contributed by atoms with Gasteiger partial charge in [-0.15, -0.1) is 11.8 Å². The van der Waals surface area contributed by atoms with Gasteiger partial charge in [0.05, 0.1) is 5.69 Å². The third-order valence-electron chi connectivity index (χ3n) is 4.98. The van der Waals surface area contributed by atoms with Gasteiger partial charge in [-0.1, -0.05) is 44.2 Å². The lowest BCUT2D eigenvalue weighted by Gasteiger charge is -2.37. The second-order valence-corrected chi connectivity index (χ2v) is 8.52. The van der Waals surface area contributed by atoms with E-state index in [2.05, 4.69) is 55.6 Å². The Hall–Kier alpha value is -1.59. The molecule has 2 atom stereocenters. The number of anilines is 1. The minimum absolute atomic E-state index is 0.489. The number of hydrogen-bond acceptors (Lipinski definition) is 5. The van der Waals surface area contributed by atoms with Crippen molar-refractivity contribution < 1.29 is 0 Å². The third kappa shape index (κ3) is 4.98. The number of nitrogens with one attached hydrogen (secondary N) is 1. The Morgan fingerprint density at radius 3 is 2.58 bits per heavy atom. The van der Waals surface area contributed by atoms with Crippen molar-refractivity contribution in [1.29, 1.82) is 0 Å². The number of rotatable bonds is 9. The summed E-state index contributed by atoms with van der Waals surface area (Å²) in [6.45, 7) is 6.05. The molecule has 0 amide bonds. The molecule has 1 aromatic carbocycles. The van der Waals surface area contributed by atoms with Crippen LogP contribution in [0.15, 0.2) is 41.4 Å². The molecule has 1 aliphatic rings. The normalized spacial score (nSPS) is 19.4. The van der Waals surface area contributed by atoms with Crippen molar-refractivity contribution in [2.75, 3.05) is 24.2 Å². The first-order valence-corrected chi connectivity index (χ1v) is 10.7. The Balaban J connectivity index is 1.78. The summed E-state index contributed by atoms with van der Waals surface area (Å²) in [5.74, 6) is 3.38. The monoisotopic (exact) mass is 370 g/mol. The maximum Gasteiger partial charge on any atom is 0.223 e. The Bertz CT molecular complexity index is 690. The van der Waals surface area contributed by atoms with Crippen molar-refractivity contribution in [1.82, 2.24) is 9.97 Å². The molecule has 0 radical (unpaired) electrons. The van der Waals surface area contributed by atoms with E-state index >= 15 is 0 Å². The summed E-state index contributed by atoms with van der Waals surface area (Å²) in [5, 5.41) is 4.46. The highest BCUT2D eigenvalue weighted by molar-refractivity contribution is 7.99. The van der Waals surface area contributed by atoms with Gasteiger partial charge in [-0.05, 0) is 42.7 Å². The number of aromatic nitrogens is 2. The molecule has 1 aromatic heterocycles. The number of hydrogen-bond donors (Lipinski definition) is 2. The maximum absolute atomic E-state index is 5.68. The topological polar surface area (TPSA) is 63.8 Å². The van der Waals surface area contributed by atoms with Crippen LogP contribution < -0.4 is 11.1 Å². The summed E-state index contributed by atoms with van der Waals surface area (Å²) < 4.78 is 0. The standard InChI is InChI=1S/C21H30N4S/c1-15(2)10-12-23-21-24-19(14-20(25-21)26-13-11-22)18-9-8-17(18)16-6-4-3-5-7-16/h3-7,14-15,17-18H,8-13,22H2,1-2H3,(H,23,24,25). The molecule has 1 aliphatic carbocycles. The van der Waals surface area contributed by atoms with Gasteiger partial charge < -0.3 is 11.1 Å². The molecular formula is C21H30N4S. The lowest BCUT2D eigenvalue weighted by Crippen LogP contribution is -2.23. The van der Waals surface area contributed by atoms with Gasteiger partial charge in [-0.25, -0.2) is 9.97 Å². The molecule has 2 unspecified atom stereocenters. The Kier molecular flexibility index (Phi) is 6.92. The molecule has 5 heteroatoms. The fourth-order valence-corrected chi connectivity index (χ4v) is 4.06. The van der Waals surface area contributed by atoms with Gasteiger partial charge in [0.25, 0.3) is 0 Å². The average molecular weight is 371 g/mol. The van der Waals surface area contributed by atoms with Gasteiger partial charge >= 0.3 is 0 Å². The first-order chi connectivity index (χ1) is 12.7. The molecule has 26 heavy (non-hydrogen) atoms. The molecule has 4 nitrogen and oxygen atoms in total. The fourth-order valence-electron chi connectivity index (χ4n) is 3.38. The van der Waals surface area contributed by atoms with E-state index in [4.69, 9.17) is 15.7 Å². The Morgan fingerprint density at radius 2 is 1.92 bits per heavy atom. The highest BCUT2D eigenvalue weighted by atomic mass is 32.2. The molecule has 1 saturated carbocycles. The molecule has 140 valence electrons. The van der Waals surface area contributed by atoms with Crippen molar-refractivity contribution >= 4 is 17.7 Å². The van der Waals surface area contributed by atoms with E-state index in [1.165, 1.54) is 24.1 Å². The third-order valence-corrected chi connectivity index (χ3v) is 5.92. The number of thioether (sulfide) groups is 1. The number of nitrogens with two attached hydrogens (primary N) is 1. The highest BCUT2D eigenvalue weighted by Crippen LogP contribution is 2.48. The van der Waals surface area contributed by atoms with Crippen LogP contribution >= 0.6 is 11.8 Å². The van der Waals surface area contributed by atoms with Gasteiger partial charge in [-0.2, -0.15) is 0 Å². The van der Waals surface area contributed by atoms with Crippen molar-refractivity contribution in [2.24, 2.45) is 11.7 Å². The van der Waals surface area contributed by atoms with Crippen molar-refractivity contribution in [3.8, 4) is 0 Å². The van der Waals surface area contributed by atoms with E-state index in [0.717, 1.165) is 29.7 Å². The lowest BCUT2D eigenvalue weighted by atomic mass is 9.68. The summed E-state index contributed by atoms with van der Waals surface area (Å²) in [5.41, 5.74) is 8.28. The predicted octanol–water partition coefficient (Wildman–Crippen LogP) is 4.65. The van der Waals surface area contributed by atoms with Gasteiger partial charge in [0, 0.05) is 24.8 Å². The van der Waals surface area contributed by atoms with E-state index in [0.29, 0.717) is 24.3 Å². The molecule has 1 heterocycles. The molecule has 0 aliphatic heterocycles. The first kappa shape index (κ1) is 19.2. The second-order valence-electron chi connectivity index (χ2n) is 7.40. The number of nitrogens with zero attached hydrogens (tertiary/aromatic N) is 2. The zero-order chi connectivity index (χ0) is 18.4. The van der Waals surface area contributed by atoms with Gasteiger partial charge in [0.1, 0.15) is 5.03 Å². The van der Waals surface area contributed by atoms with E-state index in [9.17, 15) is 0 Å². The summed E-state index contributed by atoms with van der Waals surface area (Å²) in [6, 6.07) is 13.0. The van der Waals surface area contributed by atoms with Crippen molar-refractivity contribution in [2.45, 2.75) is 50.0 Å². The van der Waals surface area contributed by atoms with Crippen molar-refractivity contribution in [3.63, 3.8) is 0 Å². The first-order valence-electron chi connectivity index (χ1n) is 9.68. The van der Waals surface area contributed by atoms with E-state index < -0.39 is 0 Å². The van der Waals surface area contributed by atoms with Crippen molar-refractivity contribution in [3.05, 3.63) is 47.7 Å². The summed E-state index contributed by atoms with van der Waals surface area (Å²) in [6.07, 6.45) is 3.55. The smallest absolute Gasteiger partial charge is 0.223 e. The SMILES string of the molecule is CC(C)CCNc1nc(SCCN)cc(C2CCC2c2ccccc2)n1.